The van der Waals surface area contributed by atoms with Crippen molar-refractivity contribution in [2.75, 3.05) is 0 Å². The summed E-state index contributed by atoms with van der Waals surface area (Å²) in [5, 5.41) is 9.11. The lowest BCUT2D eigenvalue weighted by molar-refractivity contribution is 0.0422. The summed E-state index contributed by atoms with van der Waals surface area (Å²) >= 11 is 0. The molecule has 0 aromatic carbocycles. The van der Waals surface area contributed by atoms with E-state index < -0.39 is 6.16 Å². The van der Waals surface area contributed by atoms with E-state index in [1.54, 1.807) is 0 Å². The van der Waals surface area contributed by atoms with Gasteiger partial charge in [0.2, 0.25) is 0 Å². The minimum atomic E-state index is -1.12. The zero-order chi connectivity index (χ0) is 29.9. The fraction of sp³-hybridized carbons (Fsp3) is 0.763. The van der Waals surface area contributed by atoms with Crippen LogP contribution in [0.4, 0.5) is 4.79 Å². The van der Waals surface area contributed by atoms with Crippen molar-refractivity contribution in [1.29, 1.82) is 0 Å². The van der Waals surface area contributed by atoms with Crippen molar-refractivity contribution in [3.63, 3.8) is 0 Å². The predicted molar refractivity (Wildman–Crippen MR) is 181 cm³/mol. The first kappa shape index (κ1) is 39.2. The highest BCUT2D eigenvalue weighted by Gasteiger charge is 2.13. The number of ether oxygens (including phenoxy) is 1. The van der Waals surface area contributed by atoms with E-state index in [9.17, 15) is 4.79 Å². The summed E-state index contributed by atoms with van der Waals surface area (Å²) in [5.41, 5.74) is 0. The number of hydrogen-bond acceptors (Lipinski definition) is 2. The van der Waals surface area contributed by atoms with Crippen LogP contribution in [0.15, 0.2) is 48.6 Å². The molecule has 0 atom stereocenters. The van der Waals surface area contributed by atoms with Gasteiger partial charge in [-0.15, -0.1) is 0 Å². The molecule has 0 spiro atoms. The van der Waals surface area contributed by atoms with E-state index in [0.29, 0.717) is 0 Å². The second-order valence-corrected chi connectivity index (χ2v) is 11.8. The molecular formula is C38H68O3. The Labute approximate surface area is 256 Å². The molecule has 0 radical (unpaired) electrons. The normalized spacial score (nSPS) is 12.3. The third kappa shape index (κ3) is 34.3. The van der Waals surface area contributed by atoms with Gasteiger partial charge in [-0.25, -0.2) is 4.79 Å². The molecular weight excluding hydrogens is 504 g/mol. The van der Waals surface area contributed by atoms with Crippen LogP contribution in [0.2, 0.25) is 0 Å². The van der Waals surface area contributed by atoms with Gasteiger partial charge < -0.3 is 9.84 Å². The topological polar surface area (TPSA) is 46.5 Å². The monoisotopic (exact) mass is 573 g/mol. The highest BCUT2D eigenvalue weighted by Crippen LogP contribution is 2.17. The lowest BCUT2D eigenvalue weighted by Crippen LogP contribution is -2.16. The van der Waals surface area contributed by atoms with Gasteiger partial charge in [-0.1, -0.05) is 140 Å². The van der Waals surface area contributed by atoms with Crippen LogP contribution in [0.25, 0.3) is 0 Å². The summed E-state index contributed by atoms with van der Waals surface area (Å²) in [5.74, 6) is 0. The van der Waals surface area contributed by atoms with Crippen LogP contribution >= 0.6 is 0 Å². The molecule has 0 rings (SSSR count). The van der Waals surface area contributed by atoms with Crippen LogP contribution in [0, 0.1) is 0 Å². The van der Waals surface area contributed by atoms with Crippen LogP contribution in [0.1, 0.15) is 181 Å². The van der Waals surface area contributed by atoms with Crippen molar-refractivity contribution >= 4 is 6.16 Å². The Hall–Kier alpha value is -1.77. The van der Waals surface area contributed by atoms with E-state index >= 15 is 0 Å². The summed E-state index contributed by atoms with van der Waals surface area (Å²) in [7, 11) is 0. The molecule has 0 aliphatic rings. The molecule has 0 heterocycles. The Morgan fingerprint density at radius 2 is 0.805 bits per heavy atom. The molecule has 0 aromatic rings. The van der Waals surface area contributed by atoms with Crippen molar-refractivity contribution in [3.8, 4) is 0 Å². The fourth-order valence-corrected chi connectivity index (χ4v) is 5.13. The molecule has 3 heteroatoms. The maximum Gasteiger partial charge on any atom is 0.506 e. The van der Waals surface area contributed by atoms with Crippen LogP contribution in [0.3, 0.4) is 0 Å². The van der Waals surface area contributed by atoms with E-state index in [1.807, 2.05) is 0 Å². The molecule has 0 saturated carbocycles. The Balaban J connectivity index is 3.63. The van der Waals surface area contributed by atoms with E-state index in [-0.39, 0.29) is 6.10 Å². The summed E-state index contributed by atoms with van der Waals surface area (Å²) in [4.78, 5) is 11.1. The number of carbonyl (C=O) groups is 1. The first-order valence-electron chi connectivity index (χ1n) is 17.7. The summed E-state index contributed by atoms with van der Waals surface area (Å²) in [6.45, 7) is 4.50. The summed E-state index contributed by atoms with van der Waals surface area (Å²) in [6, 6.07) is 0. The molecule has 41 heavy (non-hydrogen) atoms. The lowest BCUT2D eigenvalue weighted by Gasteiger charge is -2.15. The van der Waals surface area contributed by atoms with E-state index in [2.05, 4.69) is 62.5 Å². The molecule has 0 fully saturated rings. The minimum absolute atomic E-state index is 0.121. The molecule has 0 bridgehead atoms. The molecule has 238 valence electrons. The second kappa shape index (κ2) is 34.4. The molecule has 0 unspecified atom stereocenters. The third-order valence-electron chi connectivity index (χ3n) is 7.72. The Morgan fingerprint density at radius 3 is 1.15 bits per heavy atom. The van der Waals surface area contributed by atoms with Gasteiger partial charge in [-0.3, -0.25) is 0 Å². The van der Waals surface area contributed by atoms with Gasteiger partial charge in [-0.05, 0) is 89.9 Å². The van der Waals surface area contributed by atoms with Gasteiger partial charge in [0.25, 0.3) is 0 Å². The fourth-order valence-electron chi connectivity index (χ4n) is 5.13. The van der Waals surface area contributed by atoms with Crippen molar-refractivity contribution in [2.24, 2.45) is 0 Å². The Kier molecular flexibility index (Phi) is 32.9. The maximum atomic E-state index is 11.1. The first-order chi connectivity index (χ1) is 20.2. The molecule has 0 saturated heterocycles. The molecule has 0 amide bonds. The minimum Gasteiger partial charge on any atom is -0.450 e. The van der Waals surface area contributed by atoms with Gasteiger partial charge in [0.15, 0.2) is 0 Å². The average Bonchev–Trinajstić information content (AvgIpc) is 2.96. The predicted octanol–water partition coefficient (Wildman–Crippen LogP) is 13.5. The van der Waals surface area contributed by atoms with Crippen molar-refractivity contribution in [2.45, 2.75) is 187 Å². The SMILES string of the molecule is CCCCC/C=C\C/C=C\CCCCCCCCC(CCCCCCCC/C=C\C/C=C\CCCCC)OC(=O)O. The van der Waals surface area contributed by atoms with Gasteiger partial charge in [0, 0.05) is 0 Å². The zero-order valence-corrected chi connectivity index (χ0v) is 27.3. The Morgan fingerprint density at radius 1 is 0.488 bits per heavy atom. The van der Waals surface area contributed by atoms with Crippen LogP contribution < -0.4 is 0 Å². The highest BCUT2D eigenvalue weighted by molar-refractivity contribution is 5.57. The molecule has 1 N–H and O–H groups in total. The van der Waals surface area contributed by atoms with Gasteiger partial charge >= 0.3 is 6.16 Å². The number of unbranched alkanes of at least 4 members (excludes halogenated alkanes) is 18. The maximum absolute atomic E-state index is 11.1. The lowest BCUT2D eigenvalue weighted by atomic mass is 10.0. The van der Waals surface area contributed by atoms with Gasteiger partial charge in [0.1, 0.15) is 6.10 Å². The quantitative estimate of drug-likeness (QED) is 0.0510. The summed E-state index contributed by atoms with van der Waals surface area (Å²) < 4.78 is 5.19. The van der Waals surface area contributed by atoms with Crippen LogP contribution in [0.5, 0.6) is 0 Å². The average molecular weight is 573 g/mol. The molecule has 0 aliphatic heterocycles. The number of rotatable bonds is 31. The summed E-state index contributed by atoms with van der Waals surface area (Å²) in [6.07, 6.45) is 48.6. The van der Waals surface area contributed by atoms with E-state index in [1.165, 1.54) is 128 Å². The Bertz CT molecular complexity index is 598. The van der Waals surface area contributed by atoms with E-state index in [4.69, 9.17) is 9.84 Å². The second-order valence-electron chi connectivity index (χ2n) is 11.8. The number of carboxylic acid groups (broad SMARTS) is 1. The van der Waals surface area contributed by atoms with Gasteiger partial charge in [0.05, 0.1) is 0 Å². The highest BCUT2D eigenvalue weighted by atomic mass is 16.7. The zero-order valence-electron chi connectivity index (χ0n) is 27.3. The van der Waals surface area contributed by atoms with Crippen molar-refractivity contribution in [1.82, 2.24) is 0 Å². The molecule has 0 aliphatic carbocycles. The number of allylic oxidation sites excluding steroid dienone is 8. The molecule has 3 nitrogen and oxygen atoms in total. The first-order valence-corrected chi connectivity index (χ1v) is 17.7. The largest absolute Gasteiger partial charge is 0.506 e. The van der Waals surface area contributed by atoms with Crippen LogP contribution in [-0.2, 0) is 4.74 Å². The van der Waals surface area contributed by atoms with E-state index in [0.717, 1.165) is 38.5 Å². The third-order valence-corrected chi connectivity index (χ3v) is 7.72. The molecule has 0 aromatic heterocycles. The van der Waals surface area contributed by atoms with Crippen molar-refractivity contribution < 1.29 is 14.6 Å². The smallest absolute Gasteiger partial charge is 0.450 e. The van der Waals surface area contributed by atoms with Gasteiger partial charge in [-0.2, -0.15) is 0 Å². The number of hydrogen-bond donors (Lipinski definition) is 1. The van der Waals surface area contributed by atoms with Crippen molar-refractivity contribution in [3.05, 3.63) is 48.6 Å². The van der Waals surface area contributed by atoms with Crippen LogP contribution in [-0.4, -0.2) is 17.4 Å². The standard InChI is InChI=1S/C38H68O3/c1-3-5-7-9-11-13-15-17-19-21-23-25-27-29-31-33-35-37(41-38(39)40)36-34-32-30-28-26-24-22-20-18-16-14-12-10-8-6-4-2/h11-14,17-20,37H,3-10,15-16,21-36H2,1-2H3,(H,39,40)/b13-11-,14-12-,19-17-,20-18-.